The quantitative estimate of drug-likeness (QED) is 0.140. The summed E-state index contributed by atoms with van der Waals surface area (Å²) >= 11 is 6.65. The lowest BCUT2D eigenvalue weighted by Crippen LogP contribution is -2.50. The van der Waals surface area contributed by atoms with Gasteiger partial charge in [0.2, 0.25) is 0 Å². The van der Waals surface area contributed by atoms with Crippen LogP contribution in [0, 0.1) is 5.41 Å². The lowest BCUT2D eigenvalue weighted by molar-refractivity contribution is -0.218. The van der Waals surface area contributed by atoms with Gasteiger partial charge in [-0.15, -0.1) is 0 Å². The van der Waals surface area contributed by atoms with Crippen molar-refractivity contribution in [1.82, 2.24) is 40.0 Å². The van der Waals surface area contributed by atoms with E-state index in [4.69, 9.17) is 22.1 Å². The zero-order valence-electron chi connectivity index (χ0n) is 30.6. The number of nitrogens with zero attached hydrogens (tertiary/aromatic N) is 8. The highest BCUT2D eigenvalue weighted by Gasteiger charge is 2.65. The molecule has 0 radical (unpaired) electrons. The monoisotopic (exact) mass is 818 g/mol. The van der Waals surface area contributed by atoms with Crippen LogP contribution in [0.2, 0.25) is 5.02 Å². The summed E-state index contributed by atoms with van der Waals surface area (Å²) in [5.74, 6) is -1.10. The number of carbonyl (C=O) groups excluding carboxylic acids is 2. The molecular formula is C37H37ClF6N10O3. The number of aliphatic imine (C=N–C) groups is 1. The minimum Gasteiger partial charge on any atom is -0.447 e. The van der Waals surface area contributed by atoms with Gasteiger partial charge in [-0.25, -0.2) is 19.5 Å². The molecule has 13 nitrogen and oxygen atoms in total. The van der Waals surface area contributed by atoms with Crippen molar-refractivity contribution >= 4 is 29.6 Å². The second-order valence-electron chi connectivity index (χ2n) is 15.7. The minimum absolute atomic E-state index is 0.0746. The number of halogens is 7. The SMILES string of the molecule is CC(C)(C[C@]1(c2ccc(-c3cnn(C4CC4)n3)cc2)N=C(N)N(C(COC(=O)NC2(C(F)(F)F)CC2)c2ccc(Cl)c(-c3ncnn3C3CC3)c2)C1=O)C(F)(F)F. The Labute approximate surface area is 326 Å². The number of benzene rings is 2. The molecule has 3 N–H and O–H groups in total. The van der Waals surface area contributed by atoms with Gasteiger partial charge in [-0.05, 0) is 68.2 Å². The molecule has 0 saturated heterocycles. The Balaban J connectivity index is 1.18. The maximum absolute atomic E-state index is 15.0. The van der Waals surface area contributed by atoms with Crippen molar-refractivity contribution in [2.45, 2.75) is 100 Å². The van der Waals surface area contributed by atoms with Crippen LogP contribution >= 0.6 is 11.6 Å². The first-order chi connectivity index (χ1) is 26.8. The fraction of sp³-hybridized carbons (Fsp3) is 0.486. The number of carbonyl (C=O) groups is 2. The molecule has 302 valence electrons. The molecular weight excluding hydrogens is 782 g/mol. The van der Waals surface area contributed by atoms with Crippen LogP contribution in [0.4, 0.5) is 31.1 Å². The first kappa shape index (κ1) is 38.7. The van der Waals surface area contributed by atoms with Gasteiger partial charge in [0.25, 0.3) is 5.91 Å². The predicted molar refractivity (Wildman–Crippen MR) is 192 cm³/mol. The van der Waals surface area contributed by atoms with Crippen LogP contribution in [0.1, 0.15) is 88.0 Å². The summed E-state index contributed by atoms with van der Waals surface area (Å²) in [6.45, 7) is 1.12. The van der Waals surface area contributed by atoms with Gasteiger partial charge in [0.05, 0.1) is 34.8 Å². The van der Waals surface area contributed by atoms with Crippen molar-refractivity contribution in [2.24, 2.45) is 16.1 Å². The zero-order chi connectivity index (χ0) is 40.7. The topological polar surface area (TPSA) is 158 Å². The molecule has 3 fully saturated rings. The zero-order valence-corrected chi connectivity index (χ0v) is 31.4. The molecule has 4 aromatic rings. The van der Waals surface area contributed by atoms with Crippen molar-refractivity contribution in [3.63, 3.8) is 0 Å². The largest absolute Gasteiger partial charge is 0.447 e. The number of amides is 2. The fourth-order valence-corrected chi connectivity index (χ4v) is 7.32. The number of alkyl halides is 6. The van der Waals surface area contributed by atoms with E-state index >= 15 is 4.79 Å². The third-order valence-electron chi connectivity index (χ3n) is 11.0. The van der Waals surface area contributed by atoms with Crippen LogP contribution in [0.15, 0.2) is 60.0 Å². The van der Waals surface area contributed by atoms with E-state index in [-0.39, 0.29) is 41.1 Å². The Morgan fingerprint density at radius 1 is 1.02 bits per heavy atom. The van der Waals surface area contributed by atoms with Crippen LogP contribution in [-0.4, -0.2) is 77.1 Å². The fourth-order valence-electron chi connectivity index (χ4n) is 7.11. The molecule has 3 saturated carbocycles. The van der Waals surface area contributed by atoms with Crippen molar-refractivity contribution in [1.29, 1.82) is 0 Å². The maximum atomic E-state index is 15.0. The van der Waals surface area contributed by atoms with Gasteiger partial charge in [-0.2, -0.15) is 46.4 Å². The van der Waals surface area contributed by atoms with Gasteiger partial charge < -0.3 is 15.8 Å². The summed E-state index contributed by atoms with van der Waals surface area (Å²) in [7, 11) is 0. The molecule has 4 aliphatic rings. The van der Waals surface area contributed by atoms with Gasteiger partial charge in [-0.1, -0.05) is 55.8 Å². The highest BCUT2D eigenvalue weighted by atomic mass is 35.5. The van der Waals surface area contributed by atoms with E-state index in [9.17, 15) is 31.1 Å². The number of ether oxygens (including phenoxy) is 1. The average Bonchev–Trinajstić information content (AvgIpc) is 4.11. The number of hydrogen-bond donors (Lipinski definition) is 2. The van der Waals surface area contributed by atoms with E-state index in [0.29, 0.717) is 22.6 Å². The van der Waals surface area contributed by atoms with E-state index in [2.05, 4.69) is 25.3 Å². The van der Waals surface area contributed by atoms with Crippen LogP contribution in [0.3, 0.4) is 0 Å². The first-order valence-corrected chi connectivity index (χ1v) is 18.7. The van der Waals surface area contributed by atoms with Crippen LogP contribution in [0.5, 0.6) is 0 Å². The van der Waals surface area contributed by atoms with Gasteiger partial charge in [0, 0.05) is 11.1 Å². The summed E-state index contributed by atoms with van der Waals surface area (Å²) in [5.41, 5.74) is 1.09. The molecule has 0 bridgehead atoms. The summed E-state index contributed by atoms with van der Waals surface area (Å²) in [4.78, 5) is 39.4. The lowest BCUT2D eigenvalue weighted by atomic mass is 9.74. The molecule has 8 rings (SSSR count). The van der Waals surface area contributed by atoms with E-state index in [1.165, 1.54) is 30.6 Å². The van der Waals surface area contributed by atoms with Gasteiger partial charge in [0.1, 0.15) is 24.2 Å². The molecule has 3 heterocycles. The number of nitrogens with two attached hydrogens (primary N) is 1. The number of nitrogens with one attached hydrogen (secondary N) is 1. The Kier molecular flexibility index (Phi) is 9.12. The summed E-state index contributed by atoms with van der Waals surface area (Å²) in [5, 5.41) is 15.2. The summed E-state index contributed by atoms with van der Waals surface area (Å²) in [6, 6.07) is 9.54. The molecule has 0 spiro atoms. The van der Waals surface area contributed by atoms with Gasteiger partial charge in [0.15, 0.2) is 17.3 Å². The maximum Gasteiger partial charge on any atom is 0.411 e. The predicted octanol–water partition coefficient (Wildman–Crippen LogP) is 7.42. The van der Waals surface area contributed by atoms with Crippen molar-refractivity contribution in [2.75, 3.05) is 6.61 Å². The van der Waals surface area contributed by atoms with E-state index in [0.717, 1.165) is 44.4 Å². The third kappa shape index (κ3) is 7.07. The second-order valence-corrected chi connectivity index (χ2v) is 16.1. The number of hydrogen-bond acceptors (Lipinski definition) is 9. The van der Waals surface area contributed by atoms with Crippen molar-refractivity contribution in [3.05, 3.63) is 71.1 Å². The number of rotatable bonds is 12. The van der Waals surface area contributed by atoms with Crippen LogP contribution in [-0.2, 0) is 15.1 Å². The molecule has 2 amide bonds. The molecule has 57 heavy (non-hydrogen) atoms. The van der Waals surface area contributed by atoms with Crippen LogP contribution < -0.4 is 11.1 Å². The van der Waals surface area contributed by atoms with E-state index in [1.807, 2.05) is 5.32 Å². The molecule has 2 aromatic heterocycles. The Hall–Kier alpha value is -5.20. The highest BCUT2D eigenvalue weighted by Crippen LogP contribution is 2.52. The average molecular weight is 819 g/mol. The Bertz CT molecular complexity index is 2240. The standard InChI is InChI=1S/C37H37ClF6N10O3/c1-33(2,36(39,40)41)18-35(22-6-3-20(4-7-22)27-16-47-54(51-27)24-10-11-24)30(55)52(31(45)49-35)28(17-57-32(56)50-34(13-14-34)37(42,43)44)21-5-12-26(38)25(15-21)29-46-19-48-53(29)23-8-9-23/h3-7,12,15-16,19,23-24,28H,8-11,13-14,17-18H2,1-2H3,(H2,45,49)(H,50,56)/t28?,35-/m1/s1. The summed E-state index contributed by atoms with van der Waals surface area (Å²) in [6.07, 6.45) is -6.01. The lowest BCUT2D eigenvalue weighted by Gasteiger charge is -2.37. The molecule has 3 aliphatic carbocycles. The molecule has 2 atom stereocenters. The van der Waals surface area contributed by atoms with Gasteiger partial charge in [-0.3, -0.25) is 9.69 Å². The van der Waals surface area contributed by atoms with E-state index < -0.39 is 65.9 Å². The van der Waals surface area contributed by atoms with Crippen molar-refractivity contribution in [3.8, 4) is 22.6 Å². The summed E-state index contributed by atoms with van der Waals surface area (Å²) < 4.78 is 92.1. The second kappa shape index (κ2) is 13.4. The van der Waals surface area contributed by atoms with Crippen molar-refractivity contribution < 1.29 is 40.7 Å². The molecule has 1 aliphatic heterocycles. The number of alkyl carbamates (subject to hydrolysis) is 1. The normalized spacial score (nSPS) is 21.4. The Morgan fingerprint density at radius 3 is 2.32 bits per heavy atom. The molecule has 2 aromatic carbocycles. The number of aromatic nitrogens is 6. The molecule has 20 heteroatoms. The first-order valence-electron chi connectivity index (χ1n) is 18.3. The number of guanidine groups is 1. The molecule has 1 unspecified atom stereocenters. The smallest absolute Gasteiger partial charge is 0.411 e. The van der Waals surface area contributed by atoms with E-state index in [1.54, 1.807) is 33.9 Å². The van der Waals surface area contributed by atoms with Gasteiger partial charge >= 0.3 is 18.4 Å². The highest BCUT2D eigenvalue weighted by molar-refractivity contribution is 6.33. The Morgan fingerprint density at radius 2 is 1.70 bits per heavy atom. The minimum atomic E-state index is -4.79. The third-order valence-corrected chi connectivity index (χ3v) is 11.4. The van der Waals surface area contributed by atoms with Crippen LogP contribution in [0.25, 0.3) is 22.6 Å².